The zero-order valence-corrected chi connectivity index (χ0v) is 7.38. The SMILES string of the molecule is C/C=C1\SC(=S)N(C)C1=O. The van der Waals surface area contributed by atoms with E-state index >= 15 is 0 Å². The molecular weight excluding hydrogens is 166 g/mol. The van der Waals surface area contributed by atoms with Gasteiger partial charge in [-0.15, -0.1) is 0 Å². The summed E-state index contributed by atoms with van der Waals surface area (Å²) in [6.07, 6.45) is 1.78. The van der Waals surface area contributed by atoms with Crippen molar-refractivity contribution in [2.75, 3.05) is 7.05 Å². The third-order valence-corrected chi connectivity index (χ3v) is 2.85. The molecular formula is C6H7NOS2. The average Bonchev–Trinajstić information content (AvgIpc) is 2.17. The number of amides is 1. The van der Waals surface area contributed by atoms with Crippen molar-refractivity contribution in [2.45, 2.75) is 6.92 Å². The Morgan fingerprint density at radius 2 is 2.30 bits per heavy atom. The van der Waals surface area contributed by atoms with E-state index in [9.17, 15) is 4.79 Å². The molecule has 1 amide bonds. The summed E-state index contributed by atoms with van der Waals surface area (Å²) in [5.41, 5.74) is 0. The molecule has 0 aromatic carbocycles. The normalized spacial score (nSPS) is 23.0. The number of likely N-dealkylation sites (N-methyl/N-ethyl adjacent to an activating group) is 1. The van der Waals surface area contributed by atoms with Crippen LogP contribution in [-0.2, 0) is 4.79 Å². The molecule has 1 aliphatic heterocycles. The molecule has 2 nitrogen and oxygen atoms in total. The molecule has 1 fully saturated rings. The number of hydrogen-bond acceptors (Lipinski definition) is 3. The molecule has 0 aliphatic carbocycles. The van der Waals surface area contributed by atoms with Gasteiger partial charge in [0.05, 0.1) is 4.91 Å². The molecule has 0 bridgehead atoms. The van der Waals surface area contributed by atoms with E-state index in [1.165, 1.54) is 16.7 Å². The fraction of sp³-hybridized carbons (Fsp3) is 0.333. The van der Waals surface area contributed by atoms with Gasteiger partial charge in [-0.25, -0.2) is 0 Å². The second kappa shape index (κ2) is 2.72. The van der Waals surface area contributed by atoms with Gasteiger partial charge in [-0.3, -0.25) is 9.69 Å². The molecule has 0 saturated carbocycles. The van der Waals surface area contributed by atoms with Gasteiger partial charge < -0.3 is 0 Å². The second-order valence-electron chi connectivity index (χ2n) is 1.89. The quantitative estimate of drug-likeness (QED) is 0.408. The van der Waals surface area contributed by atoms with Crippen molar-refractivity contribution in [3.8, 4) is 0 Å². The third kappa shape index (κ3) is 1.09. The van der Waals surface area contributed by atoms with E-state index in [1.54, 1.807) is 13.1 Å². The highest BCUT2D eigenvalue weighted by molar-refractivity contribution is 8.26. The van der Waals surface area contributed by atoms with Crippen molar-refractivity contribution in [1.29, 1.82) is 0 Å². The molecule has 0 aromatic heterocycles. The van der Waals surface area contributed by atoms with Gasteiger partial charge in [-0.05, 0) is 6.92 Å². The first-order valence-electron chi connectivity index (χ1n) is 2.83. The Balaban J connectivity index is 2.92. The number of hydrogen-bond donors (Lipinski definition) is 0. The number of nitrogens with zero attached hydrogens (tertiary/aromatic N) is 1. The molecule has 1 heterocycles. The van der Waals surface area contributed by atoms with E-state index in [2.05, 4.69) is 0 Å². The van der Waals surface area contributed by atoms with E-state index in [0.29, 0.717) is 4.32 Å². The van der Waals surface area contributed by atoms with Crippen LogP contribution in [0.1, 0.15) is 6.92 Å². The first-order valence-corrected chi connectivity index (χ1v) is 4.05. The minimum Gasteiger partial charge on any atom is -0.296 e. The first-order chi connectivity index (χ1) is 4.66. The molecule has 0 spiro atoms. The summed E-state index contributed by atoms with van der Waals surface area (Å²) in [7, 11) is 1.69. The van der Waals surface area contributed by atoms with Crippen LogP contribution in [0.25, 0.3) is 0 Å². The molecule has 0 aromatic rings. The Bertz CT molecular complexity index is 222. The van der Waals surface area contributed by atoms with E-state index < -0.39 is 0 Å². The van der Waals surface area contributed by atoms with Gasteiger partial charge >= 0.3 is 0 Å². The van der Waals surface area contributed by atoms with Crippen molar-refractivity contribution >= 4 is 34.2 Å². The highest BCUT2D eigenvalue weighted by atomic mass is 32.2. The van der Waals surface area contributed by atoms with Gasteiger partial charge in [-0.1, -0.05) is 30.1 Å². The number of thioether (sulfide) groups is 1. The van der Waals surface area contributed by atoms with Crippen LogP contribution in [0, 0.1) is 0 Å². The van der Waals surface area contributed by atoms with Crippen LogP contribution in [0.15, 0.2) is 11.0 Å². The Hall–Kier alpha value is -0.350. The third-order valence-electron chi connectivity index (χ3n) is 1.25. The molecule has 0 radical (unpaired) electrons. The monoisotopic (exact) mass is 173 g/mol. The number of rotatable bonds is 0. The fourth-order valence-electron chi connectivity index (χ4n) is 0.637. The summed E-state index contributed by atoms with van der Waals surface area (Å²) in [4.78, 5) is 13.3. The van der Waals surface area contributed by atoms with Gasteiger partial charge in [0.25, 0.3) is 5.91 Å². The molecule has 0 atom stereocenters. The largest absolute Gasteiger partial charge is 0.296 e. The number of thiocarbonyl (C=S) groups is 1. The van der Waals surface area contributed by atoms with Crippen LogP contribution in [-0.4, -0.2) is 22.2 Å². The maximum absolute atomic E-state index is 11.1. The van der Waals surface area contributed by atoms with Crippen molar-refractivity contribution < 1.29 is 4.79 Å². The maximum atomic E-state index is 11.1. The summed E-state index contributed by atoms with van der Waals surface area (Å²) in [5, 5.41) is 0. The molecule has 1 rings (SSSR count). The predicted molar refractivity (Wildman–Crippen MR) is 46.7 cm³/mol. The minimum atomic E-state index is 0.0116. The highest BCUT2D eigenvalue weighted by Crippen LogP contribution is 2.28. The number of allylic oxidation sites excluding steroid dienone is 1. The molecule has 0 unspecified atom stereocenters. The molecule has 4 heteroatoms. The Kier molecular flexibility index (Phi) is 2.11. The zero-order valence-electron chi connectivity index (χ0n) is 5.75. The molecule has 1 aliphatic rings. The lowest BCUT2D eigenvalue weighted by atomic mass is 10.5. The first kappa shape index (κ1) is 7.75. The van der Waals surface area contributed by atoms with Gasteiger partial charge in [0.2, 0.25) is 0 Å². The summed E-state index contributed by atoms with van der Waals surface area (Å²) < 4.78 is 0.637. The topological polar surface area (TPSA) is 20.3 Å². The number of carbonyl (C=O) groups excluding carboxylic acids is 1. The van der Waals surface area contributed by atoms with Crippen molar-refractivity contribution in [3.05, 3.63) is 11.0 Å². The molecule has 54 valence electrons. The Morgan fingerprint density at radius 1 is 1.70 bits per heavy atom. The second-order valence-corrected chi connectivity index (χ2v) is 3.56. The van der Waals surface area contributed by atoms with Gasteiger partial charge in [-0.2, -0.15) is 0 Å². The lowest BCUT2D eigenvalue weighted by molar-refractivity contribution is -0.121. The average molecular weight is 173 g/mol. The molecule has 1 saturated heterocycles. The number of carbonyl (C=O) groups is 1. The van der Waals surface area contributed by atoms with Gasteiger partial charge in [0.1, 0.15) is 4.32 Å². The fourth-order valence-corrected chi connectivity index (χ4v) is 1.74. The molecule has 0 N–H and O–H groups in total. The van der Waals surface area contributed by atoms with Crippen LogP contribution in [0.2, 0.25) is 0 Å². The standard InChI is InChI=1S/C6H7NOS2/c1-3-4-5(8)7(2)6(9)10-4/h3H,1-2H3/b4-3-. The summed E-state index contributed by atoms with van der Waals surface area (Å²) >= 11 is 6.24. The van der Waals surface area contributed by atoms with Crippen LogP contribution in [0.3, 0.4) is 0 Å². The lowest BCUT2D eigenvalue weighted by Crippen LogP contribution is -2.22. The van der Waals surface area contributed by atoms with Gasteiger partial charge in [0, 0.05) is 7.05 Å². The van der Waals surface area contributed by atoms with E-state index in [0.717, 1.165) is 4.91 Å². The summed E-state index contributed by atoms with van der Waals surface area (Å²) in [5.74, 6) is 0.0116. The summed E-state index contributed by atoms with van der Waals surface area (Å²) in [6.45, 7) is 1.84. The lowest BCUT2D eigenvalue weighted by Gasteiger charge is -2.02. The van der Waals surface area contributed by atoms with Crippen LogP contribution >= 0.6 is 24.0 Å². The smallest absolute Gasteiger partial charge is 0.265 e. The maximum Gasteiger partial charge on any atom is 0.265 e. The van der Waals surface area contributed by atoms with E-state index in [-0.39, 0.29) is 5.91 Å². The van der Waals surface area contributed by atoms with Crippen LogP contribution < -0.4 is 0 Å². The highest BCUT2D eigenvalue weighted by Gasteiger charge is 2.27. The van der Waals surface area contributed by atoms with Gasteiger partial charge in [0.15, 0.2) is 0 Å². The van der Waals surface area contributed by atoms with Crippen LogP contribution in [0.4, 0.5) is 0 Å². The van der Waals surface area contributed by atoms with Crippen molar-refractivity contribution in [1.82, 2.24) is 4.90 Å². The van der Waals surface area contributed by atoms with E-state index in [1.807, 2.05) is 6.92 Å². The Morgan fingerprint density at radius 3 is 2.50 bits per heavy atom. The zero-order chi connectivity index (χ0) is 7.72. The Labute approximate surface area is 69.3 Å². The minimum absolute atomic E-state index is 0.0116. The van der Waals surface area contributed by atoms with Crippen molar-refractivity contribution in [2.24, 2.45) is 0 Å². The van der Waals surface area contributed by atoms with Crippen LogP contribution in [0.5, 0.6) is 0 Å². The predicted octanol–water partition coefficient (Wildman–Crippen LogP) is 1.38. The van der Waals surface area contributed by atoms with E-state index in [4.69, 9.17) is 12.2 Å². The molecule has 10 heavy (non-hydrogen) atoms. The van der Waals surface area contributed by atoms with Crippen molar-refractivity contribution in [3.63, 3.8) is 0 Å². The summed E-state index contributed by atoms with van der Waals surface area (Å²) in [6, 6.07) is 0.